The van der Waals surface area contributed by atoms with Gasteiger partial charge >= 0.3 is 0 Å². The molecule has 1 fully saturated rings. The minimum absolute atomic E-state index is 0.00459. The molecule has 0 radical (unpaired) electrons. The molecule has 6 nitrogen and oxygen atoms in total. The van der Waals surface area contributed by atoms with Gasteiger partial charge in [-0.25, -0.2) is 9.37 Å². The van der Waals surface area contributed by atoms with Gasteiger partial charge in [-0.15, -0.1) is 0 Å². The number of hydrogen-bond acceptors (Lipinski definition) is 6. The molecule has 0 aliphatic carbocycles. The minimum atomic E-state index is -1.06. The number of methoxy groups -OCH3 is 1. The molecule has 1 aromatic heterocycles. The summed E-state index contributed by atoms with van der Waals surface area (Å²) in [7, 11) is 1.50. The zero-order valence-electron chi connectivity index (χ0n) is 17.4. The molecule has 1 aliphatic heterocycles. The van der Waals surface area contributed by atoms with Crippen molar-refractivity contribution in [1.29, 1.82) is 0 Å². The number of nitrogens with one attached hydrogen (secondary N) is 1. The predicted octanol–water partition coefficient (Wildman–Crippen LogP) is 4.12. The zero-order valence-corrected chi connectivity index (χ0v) is 18.9. The molecule has 170 valence electrons. The van der Waals surface area contributed by atoms with Gasteiger partial charge in [-0.3, -0.25) is 0 Å². The molecule has 3 aromatic rings. The van der Waals surface area contributed by atoms with E-state index < -0.39 is 18.2 Å². The minimum Gasteiger partial charge on any atom is -0.481 e. The number of pyridine rings is 1. The third-order valence-corrected chi connectivity index (χ3v) is 6.06. The number of nitrogens with zero attached hydrogens (tertiary/aromatic N) is 1. The van der Waals surface area contributed by atoms with Gasteiger partial charge in [0.25, 0.3) is 0 Å². The van der Waals surface area contributed by atoms with E-state index in [2.05, 4.69) is 10.3 Å². The van der Waals surface area contributed by atoms with Crippen molar-refractivity contribution < 1.29 is 23.7 Å². The van der Waals surface area contributed by atoms with Crippen LogP contribution in [0.5, 0.6) is 5.88 Å². The molecule has 0 unspecified atom stereocenters. The number of aliphatic hydroxyl groups excluding tert-OH is 1. The van der Waals surface area contributed by atoms with Gasteiger partial charge in [0.15, 0.2) is 6.29 Å². The van der Waals surface area contributed by atoms with Gasteiger partial charge in [-0.05, 0) is 35.9 Å². The van der Waals surface area contributed by atoms with Crippen LogP contribution in [-0.4, -0.2) is 48.8 Å². The molecule has 0 spiro atoms. The van der Waals surface area contributed by atoms with E-state index in [-0.39, 0.29) is 12.5 Å². The van der Waals surface area contributed by atoms with Crippen molar-refractivity contribution >= 4 is 34.1 Å². The second kappa shape index (κ2) is 10.3. The number of aromatic nitrogens is 1. The average Bonchev–Trinajstić information content (AvgIpc) is 2.81. The maximum Gasteiger partial charge on any atom is 0.213 e. The van der Waals surface area contributed by atoms with Crippen LogP contribution in [0.25, 0.3) is 10.9 Å². The highest BCUT2D eigenvalue weighted by molar-refractivity contribution is 6.42. The molecule has 0 saturated carbocycles. The zero-order chi connectivity index (χ0) is 22.7. The van der Waals surface area contributed by atoms with Crippen molar-refractivity contribution in [1.82, 2.24) is 10.3 Å². The van der Waals surface area contributed by atoms with E-state index in [0.29, 0.717) is 46.8 Å². The normalized spacial score (nSPS) is 19.8. The van der Waals surface area contributed by atoms with Crippen molar-refractivity contribution in [2.75, 3.05) is 20.3 Å². The van der Waals surface area contributed by atoms with E-state index in [1.54, 1.807) is 30.3 Å². The molecule has 0 amide bonds. The molecular weight excluding hydrogens is 458 g/mol. The van der Waals surface area contributed by atoms with Crippen molar-refractivity contribution in [2.45, 2.75) is 31.4 Å². The topological polar surface area (TPSA) is 72.8 Å². The number of halogens is 3. The van der Waals surface area contributed by atoms with E-state index in [9.17, 15) is 9.50 Å². The summed E-state index contributed by atoms with van der Waals surface area (Å²) in [5.41, 5.74) is 1.72. The largest absolute Gasteiger partial charge is 0.481 e. The lowest BCUT2D eigenvalue weighted by Gasteiger charge is -2.32. The Bertz CT molecular complexity index is 1090. The second-order valence-electron chi connectivity index (χ2n) is 7.58. The summed E-state index contributed by atoms with van der Waals surface area (Å²) in [5.74, 6) is -0.0748. The molecule has 2 heterocycles. The van der Waals surface area contributed by atoms with Gasteiger partial charge in [0, 0.05) is 30.0 Å². The van der Waals surface area contributed by atoms with Crippen molar-refractivity contribution in [3.05, 3.63) is 69.5 Å². The Kier molecular flexibility index (Phi) is 7.45. The lowest BCUT2D eigenvalue weighted by atomic mass is 10.0. The van der Waals surface area contributed by atoms with Crippen LogP contribution in [0.4, 0.5) is 4.39 Å². The molecule has 1 atom stereocenters. The molecule has 1 aliphatic rings. The maximum atomic E-state index is 14.6. The molecule has 0 bridgehead atoms. The quantitative estimate of drug-likeness (QED) is 0.529. The summed E-state index contributed by atoms with van der Waals surface area (Å²) in [6.45, 7) is 1.25. The maximum absolute atomic E-state index is 14.6. The molecule has 4 rings (SSSR count). The Morgan fingerprint density at radius 1 is 1.16 bits per heavy atom. The fourth-order valence-corrected chi connectivity index (χ4v) is 3.91. The van der Waals surface area contributed by atoms with E-state index in [1.165, 1.54) is 13.2 Å². The van der Waals surface area contributed by atoms with Crippen molar-refractivity contribution in [3.8, 4) is 5.88 Å². The van der Waals surface area contributed by atoms with E-state index >= 15 is 0 Å². The highest BCUT2D eigenvalue weighted by Gasteiger charge is 2.29. The molecular formula is C23H23Cl2FN2O4. The molecule has 9 heteroatoms. The van der Waals surface area contributed by atoms with E-state index in [4.69, 9.17) is 37.4 Å². The number of hydrogen-bond donors (Lipinski definition) is 2. The van der Waals surface area contributed by atoms with E-state index in [0.717, 1.165) is 10.9 Å². The Morgan fingerprint density at radius 3 is 2.62 bits per heavy atom. The Morgan fingerprint density at radius 2 is 1.91 bits per heavy atom. The van der Waals surface area contributed by atoms with Crippen LogP contribution in [0.15, 0.2) is 42.5 Å². The number of benzene rings is 2. The van der Waals surface area contributed by atoms with Gasteiger partial charge < -0.3 is 24.6 Å². The first-order chi connectivity index (χ1) is 15.4. The smallest absolute Gasteiger partial charge is 0.213 e. The Labute approximate surface area is 195 Å². The average molecular weight is 481 g/mol. The number of fused-ring (bicyclic) bond motifs is 1. The fourth-order valence-electron chi connectivity index (χ4n) is 3.59. The third-order valence-electron chi connectivity index (χ3n) is 5.32. The van der Waals surface area contributed by atoms with Crippen LogP contribution >= 0.6 is 23.2 Å². The summed E-state index contributed by atoms with van der Waals surface area (Å²) in [6.07, 6.45) is -1.92. The molecule has 1 saturated heterocycles. The predicted molar refractivity (Wildman–Crippen MR) is 121 cm³/mol. The standard InChI is InChI=1S/C23H23Cl2FN2O4/c1-30-21-7-4-14-3-6-19(26)16(22(14)28-21)9-20(29)23-31-11-15(12-32-23)27-10-13-2-5-17(24)18(25)8-13/h2-8,15,20,23,27,29H,9-12H2,1H3/t15?,20-,23?/m0/s1. The lowest BCUT2D eigenvalue weighted by molar-refractivity contribution is -0.230. The summed E-state index contributed by atoms with van der Waals surface area (Å²) < 4.78 is 31.1. The van der Waals surface area contributed by atoms with Crippen LogP contribution in [0, 0.1) is 5.82 Å². The second-order valence-corrected chi connectivity index (χ2v) is 8.40. The van der Waals surface area contributed by atoms with Crippen LogP contribution in [0.1, 0.15) is 11.1 Å². The number of ether oxygens (including phenoxy) is 3. The van der Waals surface area contributed by atoms with E-state index in [1.807, 2.05) is 6.07 Å². The first kappa shape index (κ1) is 23.2. The summed E-state index contributed by atoms with van der Waals surface area (Å²) in [4.78, 5) is 4.35. The van der Waals surface area contributed by atoms with Gasteiger partial charge in [0.2, 0.25) is 5.88 Å². The molecule has 32 heavy (non-hydrogen) atoms. The Hall–Kier alpha value is -2.00. The van der Waals surface area contributed by atoms with Crippen molar-refractivity contribution in [3.63, 3.8) is 0 Å². The monoisotopic (exact) mass is 480 g/mol. The van der Waals surface area contributed by atoms with Crippen molar-refractivity contribution in [2.24, 2.45) is 0 Å². The molecule has 2 aromatic carbocycles. The van der Waals surface area contributed by atoms with Crippen LogP contribution in [-0.2, 0) is 22.4 Å². The van der Waals surface area contributed by atoms with Crippen LogP contribution in [0.2, 0.25) is 10.0 Å². The first-order valence-electron chi connectivity index (χ1n) is 10.2. The van der Waals surface area contributed by atoms with Crippen LogP contribution < -0.4 is 10.1 Å². The summed E-state index contributed by atoms with van der Waals surface area (Å²) >= 11 is 12.0. The third kappa shape index (κ3) is 5.31. The van der Waals surface area contributed by atoms with Gasteiger partial charge in [-0.1, -0.05) is 29.3 Å². The Balaban J connectivity index is 1.35. The van der Waals surface area contributed by atoms with Gasteiger partial charge in [-0.2, -0.15) is 0 Å². The number of rotatable bonds is 7. The lowest BCUT2D eigenvalue weighted by Crippen LogP contribution is -2.48. The van der Waals surface area contributed by atoms with Gasteiger partial charge in [0.05, 0.1) is 41.9 Å². The molecule has 2 N–H and O–H groups in total. The SMILES string of the molecule is COc1ccc2ccc(F)c(C[C@H](O)C3OCC(NCc4ccc(Cl)c(Cl)c4)CO3)c2n1. The first-order valence-corrected chi connectivity index (χ1v) is 10.9. The summed E-state index contributed by atoms with van der Waals surface area (Å²) in [6, 6.07) is 11.9. The fraction of sp³-hybridized carbons (Fsp3) is 0.348. The number of aliphatic hydroxyl groups is 1. The highest BCUT2D eigenvalue weighted by atomic mass is 35.5. The van der Waals surface area contributed by atoms with Gasteiger partial charge in [0.1, 0.15) is 11.9 Å². The highest BCUT2D eigenvalue weighted by Crippen LogP contribution is 2.26. The van der Waals surface area contributed by atoms with Crippen LogP contribution in [0.3, 0.4) is 0 Å². The summed E-state index contributed by atoms with van der Waals surface area (Å²) in [5, 5.41) is 15.7.